The lowest BCUT2D eigenvalue weighted by Gasteiger charge is -2.24. The quantitative estimate of drug-likeness (QED) is 0.743. The van der Waals surface area contributed by atoms with Crippen molar-refractivity contribution < 1.29 is 4.79 Å². The van der Waals surface area contributed by atoms with Gasteiger partial charge in [-0.15, -0.1) is 0 Å². The van der Waals surface area contributed by atoms with Gasteiger partial charge in [-0.05, 0) is 37.0 Å². The van der Waals surface area contributed by atoms with Crippen LogP contribution in [-0.2, 0) is 6.42 Å². The van der Waals surface area contributed by atoms with E-state index in [1.54, 1.807) is 6.20 Å². The summed E-state index contributed by atoms with van der Waals surface area (Å²) in [6.07, 6.45) is 4.59. The molecule has 1 aliphatic heterocycles. The molecular formula is C20H19N3O. The zero-order chi connectivity index (χ0) is 16.4. The van der Waals surface area contributed by atoms with Gasteiger partial charge in [-0.3, -0.25) is 9.78 Å². The van der Waals surface area contributed by atoms with Crippen LogP contribution in [-0.4, -0.2) is 33.4 Å². The monoisotopic (exact) mass is 317 g/mol. The molecule has 2 aromatic carbocycles. The maximum Gasteiger partial charge on any atom is 0.274 e. The Morgan fingerprint density at radius 2 is 1.79 bits per heavy atom. The lowest BCUT2D eigenvalue weighted by atomic mass is 10.0. The Bertz CT molecular complexity index is 863. The second kappa shape index (κ2) is 6.40. The minimum atomic E-state index is -0.00770. The minimum absolute atomic E-state index is 0.00770. The Balaban J connectivity index is 1.57. The van der Waals surface area contributed by atoms with Gasteiger partial charge < -0.3 is 4.90 Å². The maximum atomic E-state index is 12.9. The average Bonchev–Trinajstić information content (AvgIpc) is 3.09. The smallest absolute Gasteiger partial charge is 0.274 e. The average molecular weight is 317 g/mol. The summed E-state index contributed by atoms with van der Waals surface area (Å²) >= 11 is 0. The van der Waals surface area contributed by atoms with Crippen molar-refractivity contribution in [1.82, 2.24) is 14.9 Å². The normalized spacial score (nSPS) is 17.3. The SMILES string of the molecule is O=C(c1cnc2ccccc2n1)N1CCCC1Cc1ccccc1. The third-order valence-corrected chi connectivity index (χ3v) is 4.62. The second-order valence-electron chi connectivity index (χ2n) is 6.23. The van der Waals surface area contributed by atoms with Gasteiger partial charge in [0.15, 0.2) is 0 Å². The first-order valence-corrected chi connectivity index (χ1v) is 8.38. The highest BCUT2D eigenvalue weighted by molar-refractivity contribution is 5.94. The number of hydrogen-bond donors (Lipinski definition) is 0. The third kappa shape index (κ3) is 2.87. The number of fused-ring (bicyclic) bond motifs is 1. The van der Waals surface area contributed by atoms with Crippen LogP contribution in [0.5, 0.6) is 0 Å². The molecule has 120 valence electrons. The van der Waals surface area contributed by atoms with Gasteiger partial charge in [-0.2, -0.15) is 0 Å². The number of aromatic nitrogens is 2. The fourth-order valence-corrected chi connectivity index (χ4v) is 3.41. The van der Waals surface area contributed by atoms with E-state index in [9.17, 15) is 4.79 Å². The van der Waals surface area contributed by atoms with Crippen LogP contribution < -0.4 is 0 Å². The van der Waals surface area contributed by atoms with Crippen molar-refractivity contribution in [1.29, 1.82) is 0 Å². The molecule has 0 saturated carbocycles. The summed E-state index contributed by atoms with van der Waals surface area (Å²) in [5.41, 5.74) is 3.29. The van der Waals surface area contributed by atoms with Gasteiger partial charge in [-0.25, -0.2) is 4.98 Å². The predicted molar refractivity (Wildman–Crippen MR) is 93.7 cm³/mol. The largest absolute Gasteiger partial charge is 0.334 e. The number of carbonyl (C=O) groups is 1. The molecule has 1 fully saturated rings. The van der Waals surface area contributed by atoms with Crippen LogP contribution >= 0.6 is 0 Å². The molecular weight excluding hydrogens is 298 g/mol. The van der Waals surface area contributed by atoms with Crippen molar-refractivity contribution in [2.45, 2.75) is 25.3 Å². The summed E-state index contributed by atoms with van der Waals surface area (Å²) in [6.45, 7) is 0.796. The van der Waals surface area contributed by atoms with Gasteiger partial charge >= 0.3 is 0 Å². The molecule has 1 amide bonds. The summed E-state index contributed by atoms with van der Waals surface area (Å²) in [7, 11) is 0. The van der Waals surface area contributed by atoms with Crippen LogP contribution in [0.2, 0.25) is 0 Å². The Morgan fingerprint density at radius 3 is 2.62 bits per heavy atom. The standard InChI is InChI=1S/C20H19N3O/c24-20(19-14-21-17-10-4-5-11-18(17)22-19)23-12-6-9-16(23)13-15-7-2-1-3-8-15/h1-5,7-8,10-11,14,16H,6,9,12-13H2. The second-order valence-corrected chi connectivity index (χ2v) is 6.23. The van der Waals surface area contributed by atoms with Crippen molar-refractivity contribution in [3.63, 3.8) is 0 Å². The van der Waals surface area contributed by atoms with E-state index in [1.165, 1.54) is 5.56 Å². The molecule has 1 saturated heterocycles. The first-order valence-electron chi connectivity index (χ1n) is 8.38. The van der Waals surface area contributed by atoms with Gasteiger partial charge in [-0.1, -0.05) is 42.5 Å². The van der Waals surface area contributed by atoms with Crippen LogP contribution in [0.15, 0.2) is 60.8 Å². The van der Waals surface area contributed by atoms with Crippen LogP contribution in [0.3, 0.4) is 0 Å². The van der Waals surface area contributed by atoms with Gasteiger partial charge in [0.05, 0.1) is 17.2 Å². The Kier molecular flexibility index (Phi) is 3.95. The van der Waals surface area contributed by atoms with E-state index >= 15 is 0 Å². The van der Waals surface area contributed by atoms with Crippen molar-refractivity contribution in [2.24, 2.45) is 0 Å². The van der Waals surface area contributed by atoms with Gasteiger partial charge in [0.25, 0.3) is 5.91 Å². The minimum Gasteiger partial charge on any atom is -0.334 e. The van der Waals surface area contributed by atoms with Crippen molar-refractivity contribution in [3.05, 3.63) is 72.1 Å². The first kappa shape index (κ1) is 14.8. The molecule has 1 aliphatic rings. The van der Waals surface area contributed by atoms with Gasteiger partial charge in [0.1, 0.15) is 5.69 Å². The molecule has 1 aromatic heterocycles. The molecule has 0 radical (unpaired) electrons. The van der Waals surface area contributed by atoms with E-state index < -0.39 is 0 Å². The molecule has 0 spiro atoms. The molecule has 1 unspecified atom stereocenters. The van der Waals surface area contributed by atoms with Crippen LogP contribution in [0, 0.1) is 0 Å². The number of benzene rings is 2. The topological polar surface area (TPSA) is 46.1 Å². The summed E-state index contributed by atoms with van der Waals surface area (Å²) in [6, 6.07) is 18.2. The molecule has 4 rings (SSSR count). The molecule has 24 heavy (non-hydrogen) atoms. The third-order valence-electron chi connectivity index (χ3n) is 4.62. The van der Waals surface area contributed by atoms with Crippen molar-refractivity contribution in [2.75, 3.05) is 6.54 Å². The van der Waals surface area contributed by atoms with E-state index in [2.05, 4.69) is 22.1 Å². The highest BCUT2D eigenvalue weighted by Gasteiger charge is 2.30. The zero-order valence-electron chi connectivity index (χ0n) is 13.4. The molecule has 0 aliphatic carbocycles. The zero-order valence-corrected chi connectivity index (χ0v) is 13.4. The first-order chi connectivity index (χ1) is 11.8. The number of carbonyl (C=O) groups excluding carboxylic acids is 1. The molecule has 4 nitrogen and oxygen atoms in total. The fourth-order valence-electron chi connectivity index (χ4n) is 3.41. The van der Waals surface area contributed by atoms with E-state index in [0.717, 1.165) is 36.8 Å². The van der Waals surface area contributed by atoms with Gasteiger partial charge in [0.2, 0.25) is 0 Å². The van der Waals surface area contributed by atoms with E-state index in [1.807, 2.05) is 47.4 Å². The Morgan fingerprint density at radius 1 is 1.04 bits per heavy atom. The maximum absolute atomic E-state index is 12.9. The fraction of sp³-hybridized carbons (Fsp3) is 0.250. The molecule has 3 aromatic rings. The highest BCUT2D eigenvalue weighted by atomic mass is 16.2. The molecule has 0 bridgehead atoms. The summed E-state index contributed by atoms with van der Waals surface area (Å²) in [4.78, 5) is 23.8. The number of likely N-dealkylation sites (tertiary alicyclic amines) is 1. The summed E-state index contributed by atoms with van der Waals surface area (Å²) in [5, 5.41) is 0. The highest BCUT2D eigenvalue weighted by Crippen LogP contribution is 2.23. The number of para-hydroxylation sites is 2. The number of rotatable bonds is 3. The van der Waals surface area contributed by atoms with E-state index in [4.69, 9.17) is 0 Å². The van der Waals surface area contributed by atoms with Crippen LogP contribution in [0.1, 0.15) is 28.9 Å². The van der Waals surface area contributed by atoms with Crippen LogP contribution in [0.4, 0.5) is 0 Å². The summed E-state index contributed by atoms with van der Waals surface area (Å²) < 4.78 is 0. The lowest BCUT2D eigenvalue weighted by Crippen LogP contribution is -2.37. The number of nitrogens with zero attached hydrogens (tertiary/aromatic N) is 3. The van der Waals surface area contributed by atoms with Crippen molar-refractivity contribution in [3.8, 4) is 0 Å². The lowest BCUT2D eigenvalue weighted by molar-refractivity contribution is 0.0730. The summed E-state index contributed by atoms with van der Waals surface area (Å²) in [5.74, 6) is -0.00770. The molecule has 0 N–H and O–H groups in total. The van der Waals surface area contributed by atoms with Crippen molar-refractivity contribution >= 4 is 16.9 Å². The van der Waals surface area contributed by atoms with E-state index in [0.29, 0.717) is 5.69 Å². The van der Waals surface area contributed by atoms with Crippen LogP contribution in [0.25, 0.3) is 11.0 Å². The molecule has 2 heterocycles. The van der Waals surface area contributed by atoms with E-state index in [-0.39, 0.29) is 11.9 Å². The Labute approximate surface area is 141 Å². The number of amides is 1. The number of hydrogen-bond acceptors (Lipinski definition) is 3. The molecule has 4 heteroatoms. The molecule has 1 atom stereocenters. The van der Waals surface area contributed by atoms with Gasteiger partial charge in [0, 0.05) is 12.6 Å². The Hall–Kier alpha value is -2.75. The predicted octanol–water partition coefficient (Wildman–Crippen LogP) is 3.48.